The number of carboxylic acid groups (broad SMARTS) is 1. The van der Waals surface area contributed by atoms with Crippen LogP contribution in [0, 0.1) is 10.1 Å². The topological polar surface area (TPSA) is 94.6 Å². The SMILES string of the molecule is CCOCCn1cc([N+](=O)[O-])cc1C(=O)O. The summed E-state index contributed by atoms with van der Waals surface area (Å²) < 4.78 is 6.36. The molecule has 1 aromatic heterocycles. The van der Waals surface area contributed by atoms with E-state index in [1.807, 2.05) is 6.92 Å². The molecule has 1 heterocycles. The van der Waals surface area contributed by atoms with E-state index in [2.05, 4.69) is 0 Å². The number of hydrogen-bond donors (Lipinski definition) is 1. The number of carbonyl (C=O) groups is 1. The van der Waals surface area contributed by atoms with Crippen molar-refractivity contribution in [3.8, 4) is 0 Å². The molecule has 0 amide bonds. The third-order valence-electron chi connectivity index (χ3n) is 1.99. The Balaban J connectivity index is 2.87. The Morgan fingerprint density at radius 3 is 2.88 bits per heavy atom. The maximum absolute atomic E-state index is 10.8. The molecule has 16 heavy (non-hydrogen) atoms. The Hall–Kier alpha value is -1.89. The summed E-state index contributed by atoms with van der Waals surface area (Å²) in [6.07, 6.45) is 1.20. The molecule has 0 unspecified atom stereocenters. The molecule has 0 aromatic carbocycles. The van der Waals surface area contributed by atoms with Crippen LogP contribution in [-0.4, -0.2) is 33.8 Å². The van der Waals surface area contributed by atoms with Crippen LogP contribution in [0.1, 0.15) is 17.4 Å². The fourth-order valence-corrected chi connectivity index (χ4v) is 1.27. The first-order valence-electron chi connectivity index (χ1n) is 4.72. The van der Waals surface area contributed by atoms with Crippen LogP contribution in [0.3, 0.4) is 0 Å². The highest BCUT2D eigenvalue weighted by atomic mass is 16.6. The van der Waals surface area contributed by atoms with Crippen LogP contribution in [0.2, 0.25) is 0 Å². The van der Waals surface area contributed by atoms with Gasteiger partial charge >= 0.3 is 5.97 Å². The van der Waals surface area contributed by atoms with Gasteiger partial charge in [0, 0.05) is 19.2 Å². The lowest BCUT2D eigenvalue weighted by atomic mass is 10.4. The zero-order valence-corrected chi connectivity index (χ0v) is 8.75. The van der Waals surface area contributed by atoms with Gasteiger partial charge < -0.3 is 14.4 Å². The molecule has 1 aromatic rings. The second-order valence-corrected chi connectivity index (χ2v) is 3.04. The fourth-order valence-electron chi connectivity index (χ4n) is 1.27. The molecule has 7 nitrogen and oxygen atoms in total. The molecule has 1 rings (SSSR count). The molecule has 0 bridgehead atoms. The number of rotatable bonds is 6. The fraction of sp³-hybridized carbons (Fsp3) is 0.444. The zero-order chi connectivity index (χ0) is 12.1. The average molecular weight is 228 g/mol. The molecular weight excluding hydrogens is 216 g/mol. The van der Waals surface area contributed by atoms with Gasteiger partial charge in [0.15, 0.2) is 0 Å². The van der Waals surface area contributed by atoms with Crippen molar-refractivity contribution >= 4 is 11.7 Å². The van der Waals surface area contributed by atoms with Gasteiger partial charge in [0.2, 0.25) is 0 Å². The predicted octanol–water partition coefficient (Wildman–Crippen LogP) is 1.13. The van der Waals surface area contributed by atoms with Crippen molar-refractivity contribution in [3.63, 3.8) is 0 Å². The van der Waals surface area contributed by atoms with Crippen LogP contribution in [0.4, 0.5) is 5.69 Å². The molecule has 0 saturated heterocycles. The van der Waals surface area contributed by atoms with Gasteiger partial charge in [0.1, 0.15) is 5.69 Å². The van der Waals surface area contributed by atoms with E-state index in [0.29, 0.717) is 13.2 Å². The zero-order valence-electron chi connectivity index (χ0n) is 8.75. The number of aromatic carboxylic acids is 1. The second kappa shape index (κ2) is 5.26. The average Bonchev–Trinajstić information content (AvgIpc) is 2.62. The molecule has 1 N–H and O–H groups in total. The van der Waals surface area contributed by atoms with Gasteiger partial charge in [-0.1, -0.05) is 0 Å². The molecule has 0 aliphatic heterocycles. The largest absolute Gasteiger partial charge is 0.477 e. The summed E-state index contributed by atoms with van der Waals surface area (Å²) in [5, 5.41) is 19.3. The first kappa shape index (κ1) is 12.2. The molecule has 0 aliphatic carbocycles. The van der Waals surface area contributed by atoms with Gasteiger partial charge in [-0.15, -0.1) is 0 Å². The number of hydrogen-bond acceptors (Lipinski definition) is 4. The number of carboxylic acids is 1. The van der Waals surface area contributed by atoms with Crippen LogP contribution in [0.5, 0.6) is 0 Å². The third-order valence-corrected chi connectivity index (χ3v) is 1.99. The highest BCUT2D eigenvalue weighted by molar-refractivity contribution is 5.86. The van der Waals surface area contributed by atoms with Crippen molar-refractivity contribution in [2.24, 2.45) is 0 Å². The monoisotopic (exact) mass is 228 g/mol. The summed E-state index contributed by atoms with van der Waals surface area (Å²) in [5.41, 5.74) is -0.333. The maximum Gasteiger partial charge on any atom is 0.352 e. The van der Waals surface area contributed by atoms with Gasteiger partial charge in [-0.25, -0.2) is 4.79 Å². The molecular formula is C9H12N2O5. The number of ether oxygens (including phenoxy) is 1. The molecule has 0 fully saturated rings. The van der Waals surface area contributed by atoms with Gasteiger partial charge in [-0.05, 0) is 6.92 Å². The Morgan fingerprint density at radius 1 is 1.69 bits per heavy atom. The first-order valence-corrected chi connectivity index (χ1v) is 4.72. The molecule has 0 radical (unpaired) electrons. The Kier molecular flexibility index (Phi) is 4.01. The maximum atomic E-state index is 10.8. The van der Waals surface area contributed by atoms with Crippen LogP contribution in [0.15, 0.2) is 12.3 Å². The summed E-state index contributed by atoms with van der Waals surface area (Å²) in [5.74, 6) is -1.19. The summed E-state index contributed by atoms with van der Waals surface area (Å²) >= 11 is 0. The molecule has 0 saturated carbocycles. The Morgan fingerprint density at radius 2 is 2.38 bits per heavy atom. The molecule has 0 aliphatic rings. The third kappa shape index (κ3) is 2.80. The van der Waals surface area contributed by atoms with Gasteiger partial charge in [0.05, 0.1) is 17.7 Å². The van der Waals surface area contributed by atoms with Crippen molar-refractivity contribution in [2.75, 3.05) is 13.2 Å². The highest BCUT2D eigenvalue weighted by Crippen LogP contribution is 2.16. The van der Waals surface area contributed by atoms with E-state index in [0.717, 1.165) is 6.07 Å². The van der Waals surface area contributed by atoms with Crippen molar-refractivity contribution in [1.82, 2.24) is 4.57 Å². The summed E-state index contributed by atoms with van der Waals surface area (Å²) in [6, 6.07) is 1.04. The van der Waals surface area contributed by atoms with Crippen molar-refractivity contribution in [3.05, 3.63) is 28.1 Å². The minimum Gasteiger partial charge on any atom is -0.477 e. The lowest BCUT2D eigenvalue weighted by Crippen LogP contribution is -2.11. The van der Waals surface area contributed by atoms with Crippen LogP contribution in [0.25, 0.3) is 0 Å². The summed E-state index contributed by atoms with van der Waals surface area (Å²) in [4.78, 5) is 20.7. The standard InChI is InChI=1S/C9H12N2O5/c1-2-16-4-3-10-6-7(11(14)15)5-8(10)9(12)13/h5-6H,2-4H2,1H3,(H,12,13). The lowest BCUT2D eigenvalue weighted by molar-refractivity contribution is -0.384. The van der Waals surface area contributed by atoms with Crippen molar-refractivity contribution < 1.29 is 19.6 Å². The highest BCUT2D eigenvalue weighted by Gasteiger charge is 2.18. The van der Waals surface area contributed by atoms with Crippen molar-refractivity contribution in [2.45, 2.75) is 13.5 Å². The van der Waals surface area contributed by atoms with E-state index in [1.165, 1.54) is 10.8 Å². The number of aromatic nitrogens is 1. The van der Waals surface area contributed by atoms with E-state index >= 15 is 0 Å². The normalized spacial score (nSPS) is 10.3. The van der Waals surface area contributed by atoms with E-state index in [9.17, 15) is 14.9 Å². The molecule has 0 spiro atoms. The van der Waals surface area contributed by atoms with Gasteiger partial charge in [-0.2, -0.15) is 0 Å². The van der Waals surface area contributed by atoms with E-state index in [-0.39, 0.29) is 17.9 Å². The van der Waals surface area contributed by atoms with E-state index in [4.69, 9.17) is 9.84 Å². The van der Waals surface area contributed by atoms with Crippen LogP contribution in [-0.2, 0) is 11.3 Å². The Bertz CT molecular complexity index is 399. The van der Waals surface area contributed by atoms with Crippen molar-refractivity contribution in [1.29, 1.82) is 0 Å². The lowest BCUT2D eigenvalue weighted by Gasteiger charge is -2.04. The van der Waals surface area contributed by atoms with E-state index < -0.39 is 10.9 Å². The number of nitrogens with zero attached hydrogens (tertiary/aromatic N) is 2. The van der Waals surface area contributed by atoms with Gasteiger partial charge in [0.25, 0.3) is 5.69 Å². The van der Waals surface area contributed by atoms with Crippen LogP contribution < -0.4 is 0 Å². The molecule has 7 heteroatoms. The molecule has 0 atom stereocenters. The van der Waals surface area contributed by atoms with Gasteiger partial charge in [-0.3, -0.25) is 10.1 Å². The summed E-state index contributed by atoms with van der Waals surface area (Å²) in [6.45, 7) is 2.94. The smallest absolute Gasteiger partial charge is 0.352 e. The minimum atomic E-state index is -1.19. The van der Waals surface area contributed by atoms with Crippen LogP contribution >= 0.6 is 0 Å². The van der Waals surface area contributed by atoms with E-state index in [1.54, 1.807) is 0 Å². The predicted molar refractivity (Wildman–Crippen MR) is 54.5 cm³/mol. The quantitative estimate of drug-likeness (QED) is 0.447. The minimum absolute atomic E-state index is 0.105. The molecule has 88 valence electrons. The number of nitro groups is 1. The summed E-state index contributed by atoms with van der Waals surface area (Å²) in [7, 11) is 0. The first-order chi connectivity index (χ1) is 7.56. The second-order valence-electron chi connectivity index (χ2n) is 3.04. The Labute approximate surface area is 91.4 Å².